The number of carbonyl (C=O) groups is 1. The Hall–Kier alpha value is -0.610. The van der Waals surface area contributed by atoms with Crippen molar-refractivity contribution >= 4 is 5.97 Å². The van der Waals surface area contributed by atoms with Gasteiger partial charge in [0.05, 0.1) is 6.10 Å². The van der Waals surface area contributed by atoms with Crippen molar-refractivity contribution in [2.45, 2.75) is 64.0 Å². The molecule has 1 aliphatic carbocycles. The molecule has 1 aliphatic rings. The molecule has 3 N–H and O–H groups in total. The number of carboxylic acid groups (broad SMARTS) is 1. The standard InChI is InChI=1S/C13H25NO3/c1-2-3-7-12(13(16)17)14-9-10-5-4-6-11(15)8-10/h10-12,14-15H,2-9H2,1H3,(H,16,17). The minimum atomic E-state index is -0.755. The van der Waals surface area contributed by atoms with Crippen LogP contribution in [0.1, 0.15) is 51.9 Å². The third-order valence-corrected chi connectivity index (χ3v) is 3.55. The maximum Gasteiger partial charge on any atom is 0.320 e. The van der Waals surface area contributed by atoms with Crippen LogP contribution in [0.4, 0.5) is 0 Å². The Morgan fingerprint density at radius 3 is 2.82 bits per heavy atom. The summed E-state index contributed by atoms with van der Waals surface area (Å²) in [6.45, 7) is 2.79. The Morgan fingerprint density at radius 2 is 2.24 bits per heavy atom. The van der Waals surface area contributed by atoms with Crippen LogP contribution in [0.3, 0.4) is 0 Å². The maximum atomic E-state index is 11.0. The van der Waals surface area contributed by atoms with Gasteiger partial charge in [0.25, 0.3) is 0 Å². The number of rotatable bonds is 7. The third-order valence-electron chi connectivity index (χ3n) is 3.55. The second-order valence-electron chi connectivity index (χ2n) is 5.13. The van der Waals surface area contributed by atoms with Crippen LogP contribution in [0, 0.1) is 5.92 Å². The van der Waals surface area contributed by atoms with Crippen LogP contribution in [-0.2, 0) is 4.79 Å². The molecule has 0 amide bonds. The van der Waals surface area contributed by atoms with Crippen molar-refractivity contribution in [3.05, 3.63) is 0 Å². The number of hydrogen-bond acceptors (Lipinski definition) is 3. The average Bonchev–Trinajstić information content (AvgIpc) is 2.28. The molecule has 0 radical (unpaired) electrons. The van der Waals surface area contributed by atoms with Crippen molar-refractivity contribution in [1.82, 2.24) is 5.32 Å². The molecule has 1 saturated carbocycles. The highest BCUT2D eigenvalue weighted by Gasteiger charge is 2.22. The van der Waals surface area contributed by atoms with E-state index in [4.69, 9.17) is 5.11 Å². The molecule has 4 heteroatoms. The largest absolute Gasteiger partial charge is 0.480 e. The minimum Gasteiger partial charge on any atom is -0.480 e. The Bertz CT molecular complexity index is 233. The van der Waals surface area contributed by atoms with Crippen LogP contribution in [-0.4, -0.2) is 34.9 Å². The van der Waals surface area contributed by atoms with Gasteiger partial charge in [-0.15, -0.1) is 0 Å². The lowest BCUT2D eigenvalue weighted by atomic mass is 9.87. The van der Waals surface area contributed by atoms with E-state index in [2.05, 4.69) is 12.2 Å². The van der Waals surface area contributed by atoms with Crippen molar-refractivity contribution in [1.29, 1.82) is 0 Å². The number of unbranched alkanes of at least 4 members (excludes halogenated alkanes) is 1. The smallest absolute Gasteiger partial charge is 0.320 e. The predicted octanol–water partition coefficient (Wildman–Crippen LogP) is 1.77. The lowest BCUT2D eigenvalue weighted by Crippen LogP contribution is -2.40. The zero-order chi connectivity index (χ0) is 12.7. The minimum absolute atomic E-state index is 0.186. The van der Waals surface area contributed by atoms with Crippen LogP contribution in [0.15, 0.2) is 0 Å². The predicted molar refractivity (Wildman–Crippen MR) is 66.9 cm³/mol. The quantitative estimate of drug-likeness (QED) is 0.637. The molecular formula is C13H25NO3. The summed E-state index contributed by atoms with van der Waals surface area (Å²) in [6.07, 6.45) is 6.34. The topological polar surface area (TPSA) is 69.6 Å². The summed E-state index contributed by atoms with van der Waals surface area (Å²) < 4.78 is 0. The van der Waals surface area contributed by atoms with Crippen molar-refractivity contribution in [3.8, 4) is 0 Å². The summed E-state index contributed by atoms with van der Waals surface area (Å²) >= 11 is 0. The summed E-state index contributed by atoms with van der Waals surface area (Å²) in [7, 11) is 0. The van der Waals surface area contributed by atoms with Crippen molar-refractivity contribution < 1.29 is 15.0 Å². The van der Waals surface area contributed by atoms with Crippen LogP contribution in [0.25, 0.3) is 0 Å². The van der Waals surface area contributed by atoms with E-state index in [-0.39, 0.29) is 6.10 Å². The van der Waals surface area contributed by atoms with E-state index in [0.717, 1.165) is 45.1 Å². The van der Waals surface area contributed by atoms with Gasteiger partial charge in [0.2, 0.25) is 0 Å². The second kappa shape index (κ2) is 7.67. The van der Waals surface area contributed by atoms with Gasteiger partial charge in [0.1, 0.15) is 6.04 Å². The number of aliphatic carboxylic acids is 1. The summed E-state index contributed by atoms with van der Waals surface area (Å²) in [5, 5.41) is 21.8. The van der Waals surface area contributed by atoms with Crippen LogP contribution in [0.2, 0.25) is 0 Å². The fourth-order valence-corrected chi connectivity index (χ4v) is 2.48. The van der Waals surface area contributed by atoms with Gasteiger partial charge in [-0.2, -0.15) is 0 Å². The van der Waals surface area contributed by atoms with Crippen LogP contribution in [0.5, 0.6) is 0 Å². The van der Waals surface area contributed by atoms with Crippen molar-refractivity contribution in [2.24, 2.45) is 5.92 Å². The highest BCUT2D eigenvalue weighted by atomic mass is 16.4. The van der Waals surface area contributed by atoms with E-state index in [1.807, 2.05) is 0 Å². The molecule has 1 fully saturated rings. The fourth-order valence-electron chi connectivity index (χ4n) is 2.48. The first kappa shape index (κ1) is 14.5. The van der Waals surface area contributed by atoms with Gasteiger partial charge in [-0.05, 0) is 38.1 Å². The molecule has 0 aromatic rings. The maximum absolute atomic E-state index is 11.0. The SMILES string of the molecule is CCCCC(NCC1CCCC(O)C1)C(=O)O. The number of nitrogens with one attached hydrogen (secondary N) is 1. The molecular weight excluding hydrogens is 218 g/mol. The summed E-state index contributed by atoms with van der Waals surface area (Å²) in [4.78, 5) is 11.0. The van der Waals surface area contributed by atoms with E-state index in [0.29, 0.717) is 12.3 Å². The molecule has 0 aromatic heterocycles. The Kier molecular flexibility index (Phi) is 6.52. The molecule has 3 atom stereocenters. The molecule has 0 heterocycles. The van der Waals surface area contributed by atoms with Crippen molar-refractivity contribution in [2.75, 3.05) is 6.54 Å². The Morgan fingerprint density at radius 1 is 1.47 bits per heavy atom. The second-order valence-corrected chi connectivity index (χ2v) is 5.13. The van der Waals surface area contributed by atoms with E-state index in [1.54, 1.807) is 0 Å². The number of aliphatic hydroxyl groups excluding tert-OH is 1. The van der Waals surface area contributed by atoms with Crippen LogP contribution >= 0.6 is 0 Å². The van der Waals surface area contributed by atoms with E-state index in [9.17, 15) is 9.90 Å². The molecule has 1 rings (SSSR count). The molecule has 17 heavy (non-hydrogen) atoms. The zero-order valence-corrected chi connectivity index (χ0v) is 10.7. The summed E-state index contributed by atoms with van der Waals surface area (Å²) in [5.74, 6) is -0.322. The summed E-state index contributed by atoms with van der Waals surface area (Å²) in [5.41, 5.74) is 0. The van der Waals surface area contributed by atoms with Gasteiger partial charge in [-0.25, -0.2) is 0 Å². The van der Waals surface area contributed by atoms with E-state index in [1.165, 1.54) is 0 Å². The highest BCUT2D eigenvalue weighted by molar-refractivity contribution is 5.73. The lowest BCUT2D eigenvalue weighted by molar-refractivity contribution is -0.139. The molecule has 0 spiro atoms. The first-order valence-electron chi connectivity index (χ1n) is 6.77. The highest BCUT2D eigenvalue weighted by Crippen LogP contribution is 2.23. The van der Waals surface area contributed by atoms with Gasteiger partial charge < -0.3 is 15.5 Å². The summed E-state index contributed by atoms with van der Waals surface area (Å²) in [6, 6.07) is -0.422. The lowest BCUT2D eigenvalue weighted by Gasteiger charge is -2.27. The fraction of sp³-hybridized carbons (Fsp3) is 0.923. The van der Waals surface area contributed by atoms with Gasteiger partial charge in [0, 0.05) is 0 Å². The molecule has 0 aliphatic heterocycles. The van der Waals surface area contributed by atoms with E-state index < -0.39 is 12.0 Å². The average molecular weight is 243 g/mol. The Balaban J connectivity index is 2.27. The Labute approximate surface area is 103 Å². The third kappa shape index (κ3) is 5.50. The first-order chi connectivity index (χ1) is 8.13. The van der Waals surface area contributed by atoms with Crippen LogP contribution < -0.4 is 5.32 Å². The van der Waals surface area contributed by atoms with Gasteiger partial charge >= 0.3 is 5.97 Å². The van der Waals surface area contributed by atoms with Gasteiger partial charge in [-0.3, -0.25) is 4.79 Å². The zero-order valence-electron chi connectivity index (χ0n) is 10.7. The van der Waals surface area contributed by atoms with Gasteiger partial charge in [0.15, 0.2) is 0 Å². The number of hydrogen-bond donors (Lipinski definition) is 3. The van der Waals surface area contributed by atoms with E-state index >= 15 is 0 Å². The molecule has 0 saturated heterocycles. The van der Waals surface area contributed by atoms with Crippen molar-refractivity contribution in [3.63, 3.8) is 0 Å². The van der Waals surface area contributed by atoms with Gasteiger partial charge in [-0.1, -0.05) is 26.2 Å². The molecule has 3 unspecified atom stereocenters. The molecule has 100 valence electrons. The molecule has 0 bridgehead atoms. The normalized spacial score (nSPS) is 26.7. The molecule has 4 nitrogen and oxygen atoms in total. The molecule has 0 aromatic carbocycles. The monoisotopic (exact) mass is 243 g/mol. The first-order valence-corrected chi connectivity index (χ1v) is 6.77. The number of aliphatic hydroxyl groups is 1. The number of carboxylic acids is 1.